The molecule has 0 saturated heterocycles. The molecule has 0 bridgehead atoms. The van der Waals surface area contributed by atoms with Gasteiger partial charge in [-0.25, -0.2) is 0 Å². The van der Waals surface area contributed by atoms with Crippen LogP contribution < -0.4 is 10.5 Å². The molecule has 102 valence electrons. The summed E-state index contributed by atoms with van der Waals surface area (Å²) in [6.45, 7) is 4.40. The third kappa shape index (κ3) is 3.17. The largest absolute Gasteiger partial charge is 0.489 e. The van der Waals surface area contributed by atoms with Crippen LogP contribution >= 0.6 is 0 Å². The van der Waals surface area contributed by atoms with E-state index in [0.717, 1.165) is 22.4 Å². The van der Waals surface area contributed by atoms with Crippen LogP contribution in [-0.2, 0) is 6.61 Å². The summed E-state index contributed by atoms with van der Waals surface area (Å²) in [7, 11) is 0. The van der Waals surface area contributed by atoms with Crippen LogP contribution in [-0.4, -0.2) is 0 Å². The first kappa shape index (κ1) is 14.1. The van der Waals surface area contributed by atoms with Crippen molar-refractivity contribution in [2.75, 3.05) is 0 Å². The Labute approximate surface area is 119 Å². The Bertz CT molecular complexity index is 642. The fraction of sp³-hybridized carbons (Fsp3) is 0.235. The SMILES string of the molecule is Cc1cc(C#N)ccc1COc1ccccc1[C@H](C)N. The molecule has 0 fully saturated rings. The van der Waals surface area contributed by atoms with Gasteiger partial charge in [-0.3, -0.25) is 0 Å². The summed E-state index contributed by atoms with van der Waals surface area (Å²) < 4.78 is 5.88. The monoisotopic (exact) mass is 266 g/mol. The third-order valence-corrected chi connectivity index (χ3v) is 3.26. The summed E-state index contributed by atoms with van der Waals surface area (Å²) in [5.41, 5.74) is 9.73. The smallest absolute Gasteiger partial charge is 0.124 e. The molecule has 0 radical (unpaired) electrons. The van der Waals surface area contributed by atoms with Gasteiger partial charge in [-0.15, -0.1) is 0 Å². The maximum atomic E-state index is 8.86. The summed E-state index contributed by atoms with van der Waals surface area (Å²) in [6.07, 6.45) is 0. The minimum absolute atomic E-state index is 0.0618. The lowest BCUT2D eigenvalue weighted by atomic mass is 10.1. The number of nitrogens with two attached hydrogens (primary N) is 1. The number of para-hydroxylation sites is 1. The number of rotatable bonds is 4. The van der Waals surface area contributed by atoms with Gasteiger partial charge in [-0.05, 0) is 43.2 Å². The van der Waals surface area contributed by atoms with Crippen LogP contribution in [0.3, 0.4) is 0 Å². The van der Waals surface area contributed by atoms with Crippen molar-refractivity contribution in [3.8, 4) is 11.8 Å². The number of benzene rings is 2. The molecule has 0 aromatic heterocycles. The average Bonchev–Trinajstić information content (AvgIpc) is 2.46. The number of ether oxygens (including phenoxy) is 1. The quantitative estimate of drug-likeness (QED) is 0.921. The van der Waals surface area contributed by atoms with Gasteiger partial charge >= 0.3 is 0 Å². The van der Waals surface area contributed by atoms with Gasteiger partial charge in [0, 0.05) is 11.6 Å². The number of hydrogen-bond donors (Lipinski definition) is 1. The maximum absolute atomic E-state index is 8.86. The van der Waals surface area contributed by atoms with E-state index < -0.39 is 0 Å². The fourth-order valence-corrected chi connectivity index (χ4v) is 2.07. The predicted molar refractivity (Wildman–Crippen MR) is 79.3 cm³/mol. The Balaban J connectivity index is 2.15. The van der Waals surface area contributed by atoms with Crippen LogP contribution in [0.25, 0.3) is 0 Å². The lowest BCUT2D eigenvalue weighted by Gasteiger charge is -2.14. The van der Waals surface area contributed by atoms with Crippen molar-refractivity contribution in [1.82, 2.24) is 0 Å². The highest BCUT2D eigenvalue weighted by atomic mass is 16.5. The van der Waals surface area contributed by atoms with E-state index in [1.165, 1.54) is 0 Å². The van der Waals surface area contributed by atoms with Gasteiger partial charge in [0.2, 0.25) is 0 Å². The molecule has 2 N–H and O–H groups in total. The first-order valence-corrected chi connectivity index (χ1v) is 6.58. The maximum Gasteiger partial charge on any atom is 0.124 e. The molecule has 0 heterocycles. The highest BCUT2D eigenvalue weighted by Gasteiger charge is 2.08. The summed E-state index contributed by atoms with van der Waals surface area (Å²) in [5, 5.41) is 8.86. The zero-order chi connectivity index (χ0) is 14.5. The van der Waals surface area contributed by atoms with E-state index in [0.29, 0.717) is 12.2 Å². The van der Waals surface area contributed by atoms with E-state index >= 15 is 0 Å². The molecule has 0 unspecified atom stereocenters. The van der Waals surface area contributed by atoms with Gasteiger partial charge in [-0.1, -0.05) is 24.3 Å². The summed E-state index contributed by atoms with van der Waals surface area (Å²) >= 11 is 0. The lowest BCUT2D eigenvalue weighted by Crippen LogP contribution is -2.08. The molecule has 20 heavy (non-hydrogen) atoms. The minimum atomic E-state index is -0.0618. The van der Waals surface area contributed by atoms with Crippen LogP contribution in [0, 0.1) is 18.3 Å². The van der Waals surface area contributed by atoms with Gasteiger partial charge in [0.25, 0.3) is 0 Å². The Morgan fingerprint density at radius 1 is 1.25 bits per heavy atom. The van der Waals surface area contributed by atoms with Crippen molar-refractivity contribution in [3.05, 3.63) is 64.7 Å². The van der Waals surface area contributed by atoms with E-state index in [4.69, 9.17) is 15.7 Å². The Kier molecular flexibility index (Phi) is 4.39. The highest BCUT2D eigenvalue weighted by molar-refractivity contribution is 5.39. The molecule has 0 aliphatic heterocycles. The minimum Gasteiger partial charge on any atom is -0.489 e. The van der Waals surface area contributed by atoms with Crippen LogP contribution in [0.15, 0.2) is 42.5 Å². The third-order valence-electron chi connectivity index (χ3n) is 3.26. The van der Waals surface area contributed by atoms with E-state index in [9.17, 15) is 0 Å². The van der Waals surface area contributed by atoms with Crippen LogP contribution in [0.5, 0.6) is 5.75 Å². The second-order valence-corrected chi connectivity index (χ2v) is 4.87. The second-order valence-electron chi connectivity index (χ2n) is 4.87. The molecular weight excluding hydrogens is 248 g/mol. The number of nitrogens with zero attached hydrogens (tertiary/aromatic N) is 1. The van der Waals surface area contributed by atoms with E-state index in [1.807, 2.05) is 56.3 Å². The summed E-state index contributed by atoms with van der Waals surface area (Å²) in [5.74, 6) is 0.811. The van der Waals surface area contributed by atoms with Crippen molar-refractivity contribution in [3.63, 3.8) is 0 Å². The average molecular weight is 266 g/mol. The van der Waals surface area contributed by atoms with Crippen molar-refractivity contribution < 1.29 is 4.74 Å². The highest BCUT2D eigenvalue weighted by Crippen LogP contribution is 2.24. The molecule has 2 aromatic rings. The topological polar surface area (TPSA) is 59.0 Å². The lowest BCUT2D eigenvalue weighted by molar-refractivity contribution is 0.300. The first-order valence-electron chi connectivity index (χ1n) is 6.58. The van der Waals surface area contributed by atoms with Crippen molar-refractivity contribution >= 4 is 0 Å². The molecule has 0 aliphatic rings. The van der Waals surface area contributed by atoms with Crippen molar-refractivity contribution in [2.45, 2.75) is 26.5 Å². The van der Waals surface area contributed by atoms with Gasteiger partial charge in [0.15, 0.2) is 0 Å². The van der Waals surface area contributed by atoms with Crippen LogP contribution in [0.1, 0.15) is 35.2 Å². The molecule has 2 rings (SSSR count). The molecule has 0 saturated carbocycles. The van der Waals surface area contributed by atoms with Crippen LogP contribution in [0.4, 0.5) is 0 Å². The Morgan fingerprint density at radius 3 is 2.65 bits per heavy atom. The molecule has 3 heteroatoms. The van der Waals surface area contributed by atoms with Gasteiger partial charge in [-0.2, -0.15) is 5.26 Å². The first-order chi connectivity index (χ1) is 9.61. The molecule has 0 aliphatic carbocycles. The normalized spacial score (nSPS) is 11.7. The molecular formula is C17H18N2O. The fourth-order valence-electron chi connectivity index (χ4n) is 2.07. The van der Waals surface area contributed by atoms with Crippen LogP contribution in [0.2, 0.25) is 0 Å². The molecule has 3 nitrogen and oxygen atoms in total. The summed E-state index contributed by atoms with van der Waals surface area (Å²) in [4.78, 5) is 0. The zero-order valence-electron chi connectivity index (χ0n) is 11.8. The Hall–Kier alpha value is -2.31. The summed E-state index contributed by atoms with van der Waals surface area (Å²) in [6, 6.07) is 15.5. The zero-order valence-corrected chi connectivity index (χ0v) is 11.8. The van der Waals surface area contributed by atoms with Crippen molar-refractivity contribution in [2.24, 2.45) is 5.73 Å². The number of nitriles is 1. The standard InChI is InChI=1S/C17H18N2O/c1-12-9-14(10-18)7-8-15(12)11-20-17-6-4-3-5-16(17)13(2)19/h3-9,13H,11,19H2,1-2H3/t13-/m0/s1. The van der Waals surface area contributed by atoms with E-state index in [1.54, 1.807) is 0 Å². The van der Waals surface area contributed by atoms with Gasteiger partial charge < -0.3 is 10.5 Å². The molecule has 0 spiro atoms. The van der Waals surface area contributed by atoms with Crippen molar-refractivity contribution in [1.29, 1.82) is 5.26 Å². The predicted octanol–water partition coefficient (Wildman–Crippen LogP) is 3.47. The number of hydrogen-bond acceptors (Lipinski definition) is 3. The molecule has 1 atom stereocenters. The van der Waals surface area contributed by atoms with E-state index in [2.05, 4.69) is 6.07 Å². The Morgan fingerprint density at radius 2 is 2.00 bits per heavy atom. The number of aryl methyl sites for hydroxylation is 1. The molecule has 0 amide bonds. The second kappa shape index (κ2) is 6.23. The van der Waals surface area contributed by atoms with Gasteiger partial charge in [0.05, 0.1) is 11.6 Å². The molecule has 2 aromatic carbocycles. The van der Waals surface area contributed by atoms with Gasteiger partial charge in [0.1, 0.15) is 12.4 Å². The van der Waals surface area contributed by atoms with E-state index in [-0.39, 0.29) is 6.04 Å².